The van der Waals surface area contributed by atoms with E-state index < -0.39 is 0 Å². The van der Waals surface area contributed by atoms with Crippen molar-refractivity contribution in [2.24, 2.45) is 5.73 Å². The molecule has 3 N–H and O–H groups in total. The normalized spacial score (nSPS) is 9.70. The van der Waals surface area contributed by atoms with E-state index in [0.29, 0.717) is 18.6 Å². The Kier molecular flexibility index (Phi) is 2.17. The zero-order chi connectivity index (χ0) is 7.40. The summed E-state index contributed by atoms with van der Waals surface area (Å²) in [5, 5.41) is 11.2. The number of nitrogens with zero attached hydrogens (tertiary/aromatic N) is 2. The summed E-state index contributed by atoms with van der Waals surface area (Å²) in [5.74, 6) is 0. The first-order valence-corrected chi connectivity index (χ1v) is 3.11. The van der Waals surface area contributed by atoms with E-state index in [1.165, 1.54) is 0 Å². The molecule has 1 aromatic rings. The van der Waals surface area contributed by atoms with E-state index in [4.69, 9.17) is 11.1 Å². The summed E-state index contributed by atoms with van der Waals surface area (Å²) >= 11 is 0. The van der Waals surface area contributed by atoms with Crippen molar-refractivity contribution in [1.29, 1.82) is 5.41 Å². The highest BCUT2D eigenvalue weighted by molar-refractivity contribution is 4.81. The lowest BCUT2D eigenvalue weighted by molar-refractivity contribution is 0.571. The Morgan fingerprint density at radius 2 is 2.50 bits per heavy atom. The lowest BCUT2D eigenvalue weighted by atomic mass is 10.5. The lowest BCUT2D eigenvalue weighted by Gasteiger charge is -1.99. The molecule has 1 rings (SSSR count). The average molecular weight is 138 g/mol. The van der Waals surface area contributed by atoms with Gasteiger partial charge < -0.3 is 5.73 Å². The van der Waals surface area contributed by atoms with Crippen molar-refractivity contribution in [3.05, 3.63) is 23.8 Å². The van der Waals surface area contributed by atoms with Gasteiger partial charge in [-0.25, -0.2) is 4.68 Å². The third-order valence-electron chi connectivity index (χ3n) is 1.17. The predicted octanol–water partition coefficient (Wildman–Crippen LogP) is -0.679. The minimum absolute atomic E-state index is 0.396. The summed E-state index contributed by atoms with van der Waals surface area (Å²) in [6.45, 7) is 1.13. The maximum Gasteiger partial charge on any atom is 0.141 e. The monoisotopic (exact) mass is 138 g/mol. The molecule has 4 heteroatoms. The largest absolute Gasteiger partial charge is 0.329 e. The van der Waals surface area contributed by atoms with Crippen LogP contribution in [0, 0.1) is 5.41 Å². The van der Waals surface area contributed by atoms with Crippen LogP contribution in [0.15, 0.2) is 18.3 Å². The number of aromatic nitrogens is 2. The summed E-state index contributed by atoms with van der Waals surface area (Å²) in [6.07, 6.45) is 1.65. The van der Waals surface area contributed by atoms with Gasteiger partial charge in [-0.2, -0.15) is 5.10 Å². The van der Waals surface area contributed by atoms with Crippen molar-refractivity contribution >= 4 is 0 Å². The second kappa shape index (κ2) is 3.12. The molecule has 0 fully saturated rings. The van der Waals surface area contributed by atoms with Crippen molar-refractivity contribution in [1.82, 2.24) is 9.78 Å². The number of nitrogens with one attached hydrogen (secondary N) is 1. The molecule has 0 atom stereocenters. The van der Waals surface area contributed by atoms with Gasteiger partial charge in [0.05, 0.1) is 6.54 Å². The molecule has 0 spiro atoms. The molecular formula is C6H10N4. The van der Waals surface area contributed by atoms with Gasteiger partial charge in [0.1, 0.15) is 5.49 Å². The molecule has 1 aromatic heterocycles. The highest BCUT2D eigenvalue weighted by atomic mass is 15.3. The molecular weight excluding hydrogens is 128 g/mol. The van der Waals surface area contributed by atoms with Crippen LogP contribution in [0.5, 0.6) is 0 Å². The molecule has 4 nitrogen and oxygen atoms in total. The van der Waals surface area contributed by atoms with Gasteiger partial charge >= 0.3 is 0 Å². The van der Waals surface area contributed by atoms with E-state index in [0.717, 1.165) is 0 Å². The van der Waals surface area contributed by atoms with Crippen LogP contribution >= 0.6 is 0 Å². The quantitative estimate of drug-likeness (QED) is 0.568. The van der Waals surface area contributed by atoms with Crippen molar-refractivity contribution in [2.45, 2.75) is 6.54 Å². The highest BCUT2D eigenvalue weighted by Crippen LogP contribution is 1.72. The van der Waals surface area contributed by atoms with E-state index in [9.17, 15) is 0 Å². The van der Waals surface area contributed by atoms with Crippen LogP contribution in [-0.4, -0.2) is 16.3 Å². The molecule has 0 aliphatic carbocycles. The Balaban J connectivity index is 2.92. The predicted molar refractivity (Wildman–Crippen MR) is 37.1 cm³/mol. The Morgan fingerprint density at radius 3 is 3.10 bits per heavy atom. The lowest BCUT2D eigenvalue weighted by Crippen LogP contribution is -2.25. The zero-order valence-corrected chi connectivity index (χ0v) is 5.62. The first-order valence-electron chi connectivity index (χ1n) is 3.11. The fourth-order valence-corrected chi connectivity index (χ4v) is 0.702. The van der Waals surface area contributed by atoms with Gasteiger partial charge in [0.15, 0.2) is 0 Å². The Labute approximate surface area is 58.8 Å². The minimum atomic E-state index is 0.396. The second-order valence-electron chi connectivity index (χ2n) is 1.92. The van der Waals surface area contributed by atoms with Gasteiger partial charge in [-0.05, 0) is 12.1 Å². The van der Waals surface area contributed by atoms with Crippen molar-refractivity contribution < 1.29 is 0 Å². The van der Waals surface area contributed by atoms with Gasteiger partial charge in [0.25, 0.3) is 0 Å². The molecule has 0 bridgehead atoms. The first kappa shape index (κ1) is 6.95. The molecule has 1 heterocycles. The van der Waals surface area contributed by atoms with Crippen LogP contribution in [0.4, 0.5) is 0 Å². The Hall–Kier alpha value is -1.16. The SMILES string of the molecule is N=c1cccnn1CCN. The van der Waals surface area contributed by atoms with Gasteiger partial charge in [0, 0.05) is 12.7 Å². The van der Waals surface area contributed by atoms with Crippen LogP contribution in [0.1, 0.15) is 0 Å². The summed E-state index contributed by atoms with van der Waals surface area (Å²) < 4.78 is 1.56. The fourth-order valence-electron chi connectivity index (χ4n) is 0.702. The van der Waals surface area contributed by atoms with Crippen LogP contribution in [0.3, 0.4) is 0 Å². The van der Waals surface area contributed by atoms with Crippen LogP contribution in [0.2, 0.25) is 0 Å². The maximum atomic E-state index is 7.32. The van der Waals surface area contributed by atoms with Crippen molar-refractivity contribution in [3.63, 3.8) is 0 Å². The number of rotatable bonds is 2. The molecule has 10 heavy (non-hydrogen) atoms. The standard InChI is InChI=1S/C6H10N4/c7-3-5-10-6(8)2-1-4-9-10/h1-2,4,8H,3,5,7H2. The first-order chi connectivity index (χ1) is 4.84. The van der Waals surface area contributed by atoms with Crippen molar-refractivity contribution in [2.75, 3.05) is 6.54 Å². The van der Waals surface area contributed by atoms with Gasteiger partial charge in [0.2, 0.25) is 0 Å². The molecule has 0 unspecified atom stereocenters. The highest BCUT2D eigenvalue weighted by Gasteiger charge is 1.86. The summed E-state index contributed by atoms with van der Waals surface area (Å²) in [4.78, 5) is 0. The van der Waals surface area contributed by atoms with Crippen LogP contribution in [0.25, 0.3) is 0 Å². The van der Waals surface area contributed by atoms with E-state index >= 15 is 0 Å². The van der Waals surface area contributed by atoms with E-state index in [2.05, 4.69) is 5.10 Å². The molecule has 0 aliphatic rings. The van der Waals surface area contributed by atoms with E-state index in [-0.39, 0.29) is 0 Å². The number of nitrogens with two attached hydrogens (primary N) is 1. The molecule has 0 amide bonds. The summed E-state index contributed by atoms with van der Waals surface area (Å²) in [6, 6.07) is 3.41. The van der Waals surface area contributed by atoms with Gasteiger partial charge in [-0.3, -0.25) is 5.41 Å². The van der Waals surface area contributed by atoms with E-state index in [1.54, 1.807) is 23.0 Å². The molecule has 0 aliphatic heterocycles. The third-order valence-corrected chi connectivity index (χ3v) is 1.17. The summed E-state index contributed by atoms with van der Waals surface area (Å²) in [7, 11) is 0. The summed E-state index contributed by atoms with van der Waals surface area (Å²) in [5.41, 5.74) is 5.68. The molecule has 0 radical (unpaired) electrons. The molecule has 0 aromatic carbocycles. The number of hydrogen-bond acceptors (Lipinski definition) is 3. The van der Waals surface area contributed by atoms with Gasteiger partial charge in [-0.1, -0.05) is 0 Å². The third kappa shape index (κ3) is 1.41. The van der Waals surface area contributed by atoms with Gasteiger partial charge in [-0.15, -0.1) is 0 Å². The van der Waals surface area contributed by atoms with Crippen molar-refractivity contribution in [3.8, 4) is 0 Å². The van der Waals surface area contributed by atoms with E-state index in [1.807, 2.05) is 0 Å². The smallest absolute Gasteiger partial charge is 0.141 e. The van der Waals surface area contributed by atoms with Crippen LogP contribution < -0.4 is 11.2 Å². The zero-order valence-electron chi connectivity index (χ0n) is 5.62. The second-order valence-corrected chi connectivity index (χ2v) is 1.92. The molecule has 54 valence electrons. The maximum absolute atomic E-state index is 7.32. The fraction of sp³-hybridized carbons (Fsp3) is 0.333. The minimum Gasteiger partial charge on any atom is -0.329 e. The molecule has 0 saturated heterocycles. The molecule has 0 saturated carbocycles. The van der Waals surface area contributed by atoms with Crippen LogP contribution in [-0.2, 0) is 6.54 Å². The Morgan fingerprint density at radius 1 is 1.70 bits per heavy atom. The number of hydrogen-bond donors (Lipinski definition) is 2. The Bertz CT molecular complexity index is 252. The average Bonchev–Trinajstić information content (AvgIpc) is 1.94. The topological polar surface area (TPSA) is 67.7 Å².